The van der Waals surface area contributed by atoms with Crippen LogP contribution in [-0.4, -0.2) is 31.6 Å². The molecular formula is C11H21NO2S. The molecule has 0 aromatic rings. The maximum Gasteiger partial charge on any atom is 0.214 e. The van der Waals surface area contributed by atoms with Crippen LogP contribution in [0.4, 0.5) is 0 Å². The van der Waals surface area contributed by atoms with Crippen LogP contribution in [0.25, 0.3) is 0 Å². The van der Waals surface area contributed by atoms with E-state index in [-0.39, 0.29) is 5.92 Å². The van der Waals surface area contributed by atoms with E-state index in [1.807, 2.05) is 13.8 Å². The SMILES string of the molecule is CC(C)CS(=O)(=O)N1CC2CCCC2C1. The summed E-state index contributed by atoms with van der Waals surface area (Å²) in [6, 6.07) is 0. The molecule has 0 aromatic heterocycles. The zero-order valence-electron chi connectivity index (χ0n) is 9.65. The van der Waals surface area contributed by atoms with Crippen LogP contribution in [0.2, 0.25) is 0 Å². The second-order valence-electron chi connectivity index (χ2n) is 5.44. The lowest BCUT2D eigenvalue weighted by Gasteiger charge is -2.18. The van der Waals surface area contributed by atoms with Gasteiger partial charge in [-0.05, 0) is 30.6 Å². The van der Waals surface area contributed by atoms with Crippen molar-refractivity contribution in [2.24, 2.45) is 17.8 Å². The molecule has 2 unspecified atom stereocenters. The molecule has 0 radical (unpaired) electrons. The van der Waals surface area contributed by atoms with E-state index in [4.69, 9.17) is 0 Å². The Morgan fingerprint density at radius 3 is 2.20 bits per heavy atom. The van der Waals surface area contributed by atoms with Gasteiger partial charge in [-0.2, -0.15) is 0 Å². The van der Waals surface area contributed by atoms with E-state index in [0.29, 0.717) is 17.6 Å². The number of fused-ring (bicyclic) bond motifs is 1. The van der Waals surface area contributed by atoms with Crippen LogP contribution in [-0.2, 0) is 10.0 Å². The van der Waals surface area contributed by atoms with Gasteiger partial charge < -0.3 is 0 Å². The normalized spacial score (nSPS) is 32.5. The first-order valence-corrected chi connectivity index (χ1v) is 7.58. The Kier molecular flexibility index (Phi) is 3.08. The van der Waals surface area contributed by atoms with Gasteiger partial charge in [0.25, 0.3) is 0 Å². The molecule has 88 valence electrons. The van der Waals surface area contributed by atoms with E-state index in [9.17, 15) is 8.42 Å². The smallest absolute Gasteiger partial charge is 0.212 e. The highest BCUT2D eigenvalue weighted by molar-refractivity contribution is 7.89. The van der Waals surface area contributed by atoms with Gasteiger partial charge in [0, 0.05) is 13.1 Å². The maximum atomic E-state index is 12.0. The van der Waals surface area contributed by atoms with Gasteiger partial charge in [0.15, 0.2) is 0 Å². The molecule has 3 nitrogen and oxygen atoms in total. The fraction of sp³-hybridized carbons (Fsp3) is 1.00. The molecule has 15 heavy (non-hydrogen) atoms. The lowest BCUT2D eigenvalue weighted by molar-refractivity contribution is 0.440. The summed E-state index contributed by atoms with van der Waals surface area (Å²) < 4.78 is 25.7. The molecule has 1 heterocycles. The summed E-state index contributed by atoms with van der Waals surface area (Å²) >= 11 is 0. The van der Waals surface area contributed by atoms with Crippen molar-refractivity contribution in [2.75, 3.05) is 18.8 Å². The average molecular weight is 231 g/mol. The van der Waals surface area contributed by atoms with Crippen molar-refractivity contribution < 1.29 is 8.42 Å². The monoisotopic (exact) mass is 231 g/mol. The van der Waals surface area contributed by atoms with Crippen molar-refractivity contribution in [1.29, 1.82) is 0 Å². The topological polar surface area (TPSA) is 37.4 Å². The molecule has 1 saturated carbocycles. The number of sulfonamides is 1. The van der Waals surface area contributed by atoms with Gasteiger partial charge in [-0.25, -0.2) is 12.7 Å². The molecule has 4 heteroatoms. The Labute approximate surface area is 92.9 Å². The summed E-state index contributed by atoms with van der Waals surface area (Å²) in [5.74, 6) is 1.86. The van der Waals surface area contributed by atoms with E-state index in [0.717, 1.165) is 13.1 Å². The van der Waals surface area contributed by atoms with Crippen LogP contribution < -0.4 is 0 Å². The van der Waals surface area contributed by atoms with Gasteiger partial charge in [-0.3, -0.25) is 0 Å². The minimum atomic E-state index is -2.97. The molecule has 1 aliphatic heterocycles. The molecule has 2 aliphatic rings. The maximum absolute atomic E-state index is 12.0. The van der Waals surface area contributed by atoms with Gasteiger partial charge in [0.2, 0.25) is 10.0 Å². The van der Waals surface area contributed by atoms with E-state index in [1.54, 1.807) is 4.31 Å². The molecule has 0 N–H and O–H groups in total. The molecule has 0 amide bonds. The van der Waals surface area contributed by atoms with Crippen LogP contribution in [0.3, 0.4) is 0 Å². The third-order valence-corrected chi connectivity index (χ3v) is 5.80. The van der Waals surface area contributed by atoms with E-state index < -0.39 is 10.0 Å². The zero-order valence-corrected chi connectivity index (χ0v) is 10.5. The second kappa shape index (κ2) is 4.06. The second-order valence-corrected chi connectivity index (χ2v) is 7.45. The molecule has 0 bridgehead atoms. The van der Waals surface area contributed by atoms with Gasteiger partial charge in [0.1, 0.15) is 0 Å². The summed E-state index contributed by atoms with van der Waals surface area (Å²) in [6.07, 6.45) is 3.77. The molecule has 1 aliphatic carbocycles. The van der Waals surface area contributed by atoms with Crippen LogP contribution in [0.1, 0.15) is 33.1 Å². The summed E-state index contributed by atoms with van der Waals surface area (Å²) in [5, 5.41) is 0. The first-order chi connectivity index (χ1) is 6.99. The molecule has 2 atom stereocenters. The fourth-order valence-electron chi connectivity index (χ4n) is 2.95. The fourth-order valence-corrected chi connectivity index (χ4v) is 4.84. The Morgan fingerprint density at radius 1 is 1.20 bits per heavy atom. The minimum absolute atomic E-state index is 0.232. The van der Waals surface area contributed by atoms with Gasteiger partial charge in [0.05, 0.1) is 5.75 Å². The van der Waals surface area contributed by atoms with Crippen molar-refractivity contribution in [1.82, 2.24) is 4.31 Å². The molecule has 0 spiro atoms. The highest BCUT2D eigenvalue weighted by Gasteiger charge is 2.40. The number of rotatable bonds is 3. The molecular weight excluding hydrogens is 210 g/mol. The van der Waals surface area contributed by atoms with E-state index >= 15 is 0 Å². The predicted molar refractivity (Wildman–Crippen MR) is 61.0 cm³/mol. The van der Waals surface area contributed by atoms with Crippen LogP contribution >= 0.6 is 0 Å². The zero-order chi connectivity index (χ0) is 11.1. The van der Waals surface area contributed by atoms with Gasteiger partial charge in [-0.1, -0.05) is 20.3 Å². The van der Waals surface area contributed by atoms with Crippen molar-refractivity contribution in [3.8, 4) is 0 Å². The molecule has 1 saturated heterocycles. The third kappa shape index (κ3) is 2.36. The molecule has 2 rings (SSSR count). The number of hydrogen-bond acceptors (Lipinski definition) is 2. The van der Waals surface area contributed by atoms with Crippen molar-refractivity contribution >= 4 is 10.0 Å². The summed E-state index contributed by atoms with van der Waals surface area (Å²) in [4.78, 5) is 0. The standard InChI is InChI=1S/C11H21NO2S/c1-9(2)8-15(13,14)12-6-10-4-3-5-11(10)7-12/h9-11H,3-8H2,1-2H3. The van der Waals surface area contributed by atoms with Crippen LogP contribution in [0.15, 0.2) is 0 Å². The van der Waals surface area contributed by atoms with Crippen LogP contribution in [0, 0.1) is 17.8 Å². The minimum Gasteiger partial charge on any atom is -0.212 e. The third-order valence-electron chi connectivity index (χ3n) is 3.63. The summed E-state index contributed by atoms with van der Waals surface area (Å²) in [6.45, 7) is 5.52. The van der Waals surface area contributed by atoms with Crippen molar-refractivity contribution in [2.45, 2.75) is 33.1 Å². The summed E-state index contributed by atoms with van der Waals surface area (Å²) in [5.41, 5.74) is 0. The van der Waals surface area contributed by atoms with E-state index in [2.05, 4.69) is 0 Å². The Balaban J connectivity index is 2.01. The number of nitrogens with zero attached hydrogens (tertiary/aromatic N) is 1. The highest BCUT2D eigenvalue weighted by Crippen LogP contribution is 2.38. The first-order valence-electron chi connectivity index (χ1n) is 5.97. The highest BCUT2D eigenvalue weighted by atomic mass is 32.2. The predicted octanol–water partition coefficient (Wildman–Crippen LogP) is 1.70. The molecule has 2 fully saturated rings. The van der Waals surface area contributed by atoms with Crippen LogP contribution in [0.5, 0.6) is 0 Å². The number of hydrogen-bond donors (Lipinski definition) is 0. The first kappa shape index (κ1) is 11.4. The largest absolute Gasteiger partial charge is 0.214 e. The summed E-state index contributed by atoms with van der Waals surface area (Å²) in [7, 11) is -2.97. The lowest BCUT2D eigenvalue weighted by atomic mass is 10.0. The Bertz CT molecular complexity index is 311. The Hall–Kier alpha value is -0.0900. The van der Waals surface area contributed by atoms with Gasteiger partial charge >= 0.3 is 0 Å². The average Bonchev–Trinajstić information content (AvgIpc) is 2.56. The van der Waals surface area contributed by atoms with Crippen molar-refractivity contribution in [3.05, 3.63) is 0 Å². The molecule has 0 aromatic carbocycles. The van der Waals surface area contributed by atoms with Gasteiger partial charge in [-0.15, -0.1) is 0 Å². The Morgan fingerprint density at radius 2 is 1.73 bits per heavy atom. The van der Waals surface area contributed by atoms with E-state index in [1.165, 1.54) is 19.3 Å². The lowest BCUT2D eigenvalue weighted by Crippen LogP contribution is -2.33. The van der Waals surface area contributed by atoms with Crippen molar-refractivity contribution in [3.63, 3.8) is 0 Å². The quantitative estimate of drug-likeness (QED) is 0.741.